The second-order valence-corrected chi connectivity index (χ2v) is 34.0. The van der Waals surface area contributed by atoms with Crippen LogP contribution >= 0.6 is 0 Å². The molecular formula is C75H112O34. The molecule has 0 aromatic heterocycles. The minimum atomic E-state index is -2.10. The smallest absolute Gasteiger partial charge is 0.331 e. The van der Waals surface area contributed by atoms with E-state index in [1.807, 2.05) is 6.92 Å². The van der Waals surface area contributed by atoms with Gasteiger partial charge >= 0.3 is 17.9 Å². The number of esters is 2. The first-order chi connectivity index (χ1) is 51.4. The third-order valence-electron chi connectivity index (χ3n) is 27.0. The highest BCUT2D eigenvalue weighted by atomic mass is 16.8. The molecule has 6 heterocycles. The molecule has 34 nitrogen and oxygen atoms in total. The van der Waals surface area contributed by atoms with E-state index in [2.05, 4.69) is 26.8 Å². The molecule has 0 amide bonds. The van der Waals surface area contributed by atoms with Crippen LogP contribution in [0.3, 0.4) is 0 Å². The molecule has 4 saturated carbocycles. The van der Waals surface area contributed by atoms with Crippen LogP contribution in [0.1, 0.15) is 119 Å². The summed E-state index contributed by atoms with van der Waals surface area (Å²) in [5, 5.41) is 190. The number of hydrogen-bond donors (Lipinski definition) is 17. The summed E-state index contributed by atoms with van der Waals surface area (Å²) < 4.78 is 85.0. The van der Waals surface area contributed by atoms with Crippen LogP contribution in [0.5, 0.6) is 5.75 Å². The van der Waals surface area contributed by atoms with Crippen molar-refractivity contribution in [3.8, 4) is 5.75 Å². The molecule has 0 bridgehead atoms. The van der Waals surface area contributed by atoms with Gasteiger partial charge in [-0.15, -0.1) is 0 Å². The van der Waals surface area contributed by atoms with Crippen molar-refractivity contribution in [2.75, 3.05) is 46.8 Å². The lowest BCUT2D eigenvalue weighted by Crippen LogP contribution is -2.71. The SMILES string of the molecule is COc1ccc(/C=C\C(=O)O[C@@H]2[C@H](O)[C@@H](O[C@@H]3O[C@@H](C)[C@H](O[C@@H]4OC[C@@H](O[C@@H]5O[C@H](CO)[C@H](O)[C@H](O)[C@H]5O)[C@H](O)[C@H]4O)[C@@H](O[C@@H]4OC[C@](C)(CO)[C@@H]4O)[C@H]3O)[C@H](OC(=O)[C@]34CCC(C)(C)C[C@H]3C3=CC[C@@H]5[C@@]6(C)C[C@H](O)[C@H](O[C@@H]7O[C@H](CO)[C@@H](O)[C@H](O)[C@H]7O)[C@@](C)(C(=O)O)C6CC[C@@]5(C)[C@]3(CO)CC4)O[C@@H]2C)cc1. The molecular weight excluding hydrogens is 1440 g/mol. The Morgan fingerprint density at radius 2 is 1.15 bits per heavy atom. The molecule has 5 aliphatic carbocycles. The third-order valence-corrected chi connectivity index (χ3v) is 27.0. The Labute approximate surface area is 630 Å². The van der Waals surface area contributed by atoms with Crippen LogP contribution in [0.4, 0.5) is 0 Å². The highest BCUT2D eigenvalue weighted by Gasteiger charge is 2.74. The summed E-state index contributed by atoms with van der Waals surface area (Å²) in [4.78, 5) is 44.0. The summed E-state index contributed by atoms with van der Waals surface area (Å²) >= 11 is 0. The maximum absolute atomic E-state index is 16.2. The number of aliphatic hydroxyl groups excluding tert-OH is 16. The van der Waals surface area contributed by atoms with Gasteiger partial charge in [-0.05, 0) is 136 Å². The van der Waals surface area contributed by atoms with Gasteiger partial charge in [-0.2, -0.15) is 0 Å². The quantitative estimate of drug-likeness (QED) is 0.0262. The van der Waals surface area contributed by atoms with Gasteiger partial charge in [-0.25, -0.2) is 4.79 Å². The number of carboxylic acids is 1. The number of methoxy groups -OCH3 is 1. The number of aliphatic carboxylic acids is 1. The molecule has 0 radical (unpaired) electrons. The molecule has 1 unspecified atom stereocenters. The Balaban J connectivity index is 0.837. The lowest BCUT2D eigenvalue weighted by molar-refractivity contribution is -0.388. The Kier molecular flexibility index (Phi) is 24.8. The molecule has 1 aromatic rings. The zero-order valence-electron chi connectivity index (χ0n) is 62.6. The van der Waals surface area contributed by atoms with E-state index < -0.39 is 272 Å². The maximum Gasteiger partial charge on any atom is 0.331 e. The average Bonchev–Trinajstić information content (AvgIpc) is 0.674. The van der Waals surface area contributed by atoms with Crippen LogP contribution < -0.4 is 4.74 Å². The van der Waals surface area contributed by atoms with Gasteiger partial charge < -0.3 is 153 Å². The molecule has 34 heteroatoms. The number of aliphatic hydroxyl groups is 16. The van der Waals surface area contributed by atoms with E-state index in [0.29, 0.717) is 37.0 Å². The van der Waals surface area contributed by atoms with Gasteiger partial charge in [0.2, 0.25) is 6.29 Å². The van der Waals surface area contributed by atoms with Gasteiger partial charge in [0.1, 0.15) is 110 Å². The zero-order chi connectivity index (χ0) is 79.3. The first-order valence-electron chi connectivity index (χ1n) is 37.8. The van der Waals surface area contributed by atoms with Gasteiger partial charge in [0, 0.05) is 16.9 Å². The van der Waals surface area contributed by atoms with Crippen LogP contribution in [-0.4, -0.2) is 323 Å². The normalized spacial score (nSPS) is 49.8. The molecule has 1 aromatic carbocycles. The first kappa shape index (κ1) is 84.2. The second kappa shape index (κ2) is 32.1. The summed E-state index contributed by atoms with van der Waals surface area (Å²) in [7, 11) is 1.50. The van der Waals surface area contributed by atoms with Crippen LogP contribution in [0, 0.1) is 55.7 Å². The standard InChI is InChI=1S/C75H112O34/c1-32-55(104-44(81)17-12-34-10-13-35(96-9)14-11-34)53(90)58(107-64-54(91)57(106-66-59(92)70(5,29-78)31-98-66)56(33(2)99-64)105-61-50(87)47(84)41(28-97-61)103-62-51(88)48(85)45(82)39(26-76)101-62)65(100-32)109-68(95)74-21-20-69(3,4)24-37(74)36-15-16-42-71(6)25-38(80)60(108-63-52(89)49(86)46(83)40(27-77)102-63)73(8,67(93)94)43(71)18-19-72(42,7)75(36,30-79)23-22-74/h10-15,17,32-33,37-43,45-66,76-80,82-92H,16,18-31H2,1-9H3,(H,93,94)/b17-12-/t32-,33+,37+,38+,39-,40-,41-,42-,43?,45+,46-,47+,48+,49+,50-,51-,52-,53+,54-,55+,56+,57+,58-,59-,60+,61+,62+,63+,64+,65+,66+,70+,71-,72-,73+,74+,75+/m1/s1. The van der Waals surface area contributed by atoms with Gasteiger partial charge in [0.25, 0.3) is 0 Å². The van der Waals surface area contributed by atoms with Gasteiger partial charge in [-0.3, -0.25) is 9.59 Å². The molecule has 616 valence electrons. The topological polar surface area (TPSA) is 524 Å². The molecule has 10 fully saturated rings. The van der Waals surface area contributed by atoms with Gasteiger partial charge in [0.05, 0.1) is 75.9 Å². The second-order valence-electron chi connectivity index (χ2n) is 34.0. The highest BCUT2D eigenvalue weighted by molar-refractivity contribution is 5.87. The fraction of sp³-hybridized carbons (Fsp3) is 0.827. The van der Waals surface area contributed by atoms with Gasteiger partial charge in [0.15, 0.2) is 43.7 Å². The van der Waals surface area contributed by atoms with E-state index in [0.717, 1.165) is 11.6 Å². The zero-order valence-corrected chi connectivity index (χ0v) is 62.6. The highest BCUT2D eigenvalue weighted by Crippen LogP contribution is 2.76. The molecule has 11 aliphatic rings. The molecule has 12 rings (SSSR count). The summed E-state index contributed by atoms with van der Waals surface area (Å²) in [6.45, 7) is 10.7. The van der Waals surface area contributed by atoms with E-state index in [4.69, 9.17) is 66.3 Å². The van der Waals surface area contributed by atoms with E-state index in [-0.39, 0.29) is 45.3 Å². The lowest BCUT2D eigenvalue weighted by atomic mass is 9.33. The predicted octanol–water partition coefficient (Wildman–Crippen LogP) is -2.50. The largest absolute Gasteiger partial charge is 0.497 e. The number of benzene rings is 1. The number of carbonyl (C=O) groups excluding carboxylic acids is 2. The van der Waals surface area contributed by atoms with Crippen molar-refractivity contribution in [3.05, 3.63) is 47.6 Å². The van der Waals surface area contributed by atoms with Crippen molar-refractivity contribution < 1.29 is 168 Å². The number of carbonyl (C=O) groups is 3. The third kappa shape index (κ3) is 14.8. The van der Waals surface area contributed by atoms with E-state index >= 15 is 4.79 Å². The van der Waals surface area contributed by atoms with Gasteiger partial charge in [-0.1, -0.05) is 58.4 Å². The monoisotopic (exact) mass is 1560 g/mol. The fourth-order valence-electron chi connectivity index (χ4n) is 20.3. The summed E-state index contributed by atoms with van der Waals surface area (Å²) in [6, 6.07) is 6.72. The number of ether oxygens (including phenoxy) is 14. The van der Waals surface area contributed by atoms with E-state index in [9.17, 15) is 96.4 Å². The molecule has 6 aliphatic heterocycles. The molecule has 109 heavy (non-hydrogen) atoms. The van der Waals surface area contributed by atoms with Crippen molar-refractivity contribution >= 4 is 24.0 Å². The Hall–Kier alpha value is -4.17. The number of carboxylic acid groups (broad SMARTS) is 1. The molecule has 37 atom stereocenters. The van der Waals surface area contributed by atoms with Crippen LogP contribution in [0.25, 0.3) is 6.08 Å². The molecule has 17 N–H and O–H groups in total. The van der Waals surface area contributed by atoms with Crippen LogP contribution in [0.15, 0.2) is 42.0 Å². The number of hydrogen-bond acceptors (Lipinski definition) is 33. The molecule has 6 saturated heterocycles. The first-order valence-corrected chi connectivity index (χ1v) is 37.8. The lowest BCUT2D eigenvalue weighted by Gasteiger charge is -2.71. The fourth-order valence-corrected chi connectivity index (χ4v) is 20.3. The van der Waals surface area contributed by atoms with Crippen molar-refractivity contribution in [3.63, 3.8) is 0 Å². The minimum Gasteiger partial charge on any atom is -0.497 e. The van der Waals surface area contributed by atoms with Crippen molar-refractivity contribution in [1.29, 1.82) is 0 Å². The average molecular weight is 1560 g/mol. The van der Waals surface area contributed by atoms with Crippen molar-refractivity contribution in [2.45, 2.75) is 285 Å². The maximum atomic E-state index is 16.2. The van der Waals surface area contributed by atoms with Crippen molar-refractivity contribution in [2.24, 2.45) is 55.7 Å². The van der Waals surface area contributed by atoms with E-state index in [1.165, 1.54) is 40.9 Å². The number of rotatable bonds is 21. The predicted molar refractivity (Wildman–Crippen MR) is 367 cm³/mol. The number of allylic oxidation sites excluding steroid dienone is 1. The van der Waals surface area contributed by atoms with Crippen molar-refractivity contribution in [1.82, 2.24) is 0 Å². The Bertz CT molecular complexity index is 3400. The Morgan fingerprint density at radius 3 is 1.75 bits per heavy atom. The summed E-state index contributed by atoms with van der Waals surface area (Å²) in [5.41, 5.74) is -6.42. The number of fused-ring (bicyclic) bond motifs is 7. The van der Waals surface area contributed by atoms with Crippen LogP contribution in [0.2, 0.25) is 0 Å². The molecule has 0 spiro atoms. The van der Waals surface area contributed by atoms with E-state index in [1.54, 1.807) is 24.3 Å². The Morgan fingerprint density at radius 1 is 0.560 bits per heavy atom. The summed E-state index contributed by atoms with van der Waals surface area (Å²) in [5.74, 6) is -4.23. The summed E-state index contributed by atoms with van der Waals surface area (Å²) in [6.07, 6.45) is -41.0. The minimum absolute atomic E-state index is 0.00957. The van der Waals surface area contributed by atoms with Crippen LogP contribution in [-0.2, 0) is 76.0 Å².